The van der Waals surface area contributed by atoms with E-state index in [1.54, 1.807) is 6.92 Å². The van der Waals surface area contributed by atoms with Gasteiger partial charge in [-0.15, -0.1) is 0 Å². The number of nitrogens with two attached hydrogens (primary N) is 1. The summed E-state index contributed by atoms with van der Waals surface area (Å²) < 4.78 is 13.2. The summed E-state index contributed by atoms with van der Waals surface area (Å²) in [4.78, 5) is 0. The number of hydrogen-bond donors (Lipinski definition) is 1. The van der Waals surface area contributed by atoms with Crippen LogP contribution in [0.15, 0.2) is 30.3 Å². The predicted molar refractivity (Wildman–Crippen MR) is 56.4 cm³/mol. The summed E-state index contributed by atoms with van der Waals surface area (Å²) >= 11 is 0. The van der Waals surface area contributed by atoms with Crippen molar-refractivity contribution in [3.63, 3.8) is 0 Å². The van der Waals surface area contributed by atoms with E-state index < -0.39 is 6.17 Å². The Hall–Kier alpha value is -1.33. The van der Waals surface area contributed by atoms with Crippen molar-refractivity contribution in [2.45, 2.75) is 13.1 Å². The Balaban J connectivity index is 2.64. The fourth-order valence-electron chi connectivity index (χ4n) is 0.935. The van der Waals surface area contributed by atoms with E-state index in [0.717, 1.165) is 5.56 Å². The van der Waals surface area contributed by atoms with Crippen LogP contribution in [0, 0.1) is 17.8 Å². The maximum absolute atomic E-state index is 13.2. The lowest BCUT2D eigenvalue weighted by Crippen LogP contribution is -2.20. The van der Waals surface area contributed by atoms with Crippen molar-refractivity contribution >= 4 is 0 Å². The summed E-state index contributed by atoms with van der Waals surface area (Å²) in [5.41, 5.74) is 6.17. The topological polar surface area (TPSA) is 26.0 Å². The third-order valence-electron chi connectivity index (χ3n) is 2.00. The molecule has 2 heteroatoms. The van der Waals surface area contributed by atoms with Gasteiger partial charge in [0.1, 0.15) is 0 Å². The molecule has 0 aliphatic rings. The van der Waals surface area contributed by atoms with Gasteiger partial charge in [-0.3, -0.25) is 0 Å². The molecule has 1 aromatic rings. The van der Waals surface area contributed by atoms with Crippen LogP contribution in [0.2, 0.25) is 0 Å². The molecule has 0 bridgehead atoms. The second-order valence-corrected chi connectivity index (χ2v) is 3.25. The second-order valence-electron chi connectivity index (χ2n) is 3.25. The van der Waals surface area contributed by atoms with Gasteiger partial charge in [-0.1, -0.05) is 37.0 Å². The summed E-state index contributed by atoms with van der Waals surface area (Å²) in [5.74, 6) is 5.13. The predicted octanol–water partition coefficient (Wildman–Crippen LogP) is 1.97. The Morgan fingerprint density at radius 3 is 2.57 bits per heavy atom. The highest BCUT2D eigenvalue weighted by Gasteiger charge is 2.10. The van der Waals surface area contributed by atoms with Gasteiger partial charge in [0.15, 0.2) is 6.17 Å². The molecule has 1 rings (SSSR count). The number of alkyl halides is 1. The third-order valence-corrected chi connectivity index (χ3v) is 2.00. The summed E-state index contributed by atoms with van der Waals surface area (Å²) in [7, 11) is 0. The maximum atomic E-state index is 13.2. The van der Waals surface area contributed by atoms with Gasteiger partial charge < -0.3 is 5.73 Å². The SMILES string of the molecule is CC(CN)C(F)C#Cc1ccccc1. The van der Waals surface area contributed by atoms with Gasteiger partial charge in [0.25, 0.3) is 0 Å². The minimum absolute atomic E-state index is 0.203. The van der Waals surface area contributed by atoms with Crippen LogP contribution in [0.4, 0.5) is 4.39 Å². The van der Waals surface area contributed by atoms with Gasteiger partial charge in [0, 0.05) is 11.5 Å². The minimum Gasteiger partial charge on any atom is -0.330 e. The molecule has 74 valence electrons. The van der Waals surface area contributed by atoms with E-state index in [4.69, 9.17) is 5.73 Å². The number of rotatable bonds is 2. The molecule has 2 N–H and O–H groups in total. The van der Waals surface area contributed by atoms with Crippen LogP contribution in [0.3, 0.4) is 0 Å². The molecule has 0 fully saturated rings. The monoisotopic (exact) mass is 191 g/mol. The number of hydrogen-bond acceptors (Lipinski definition) is 1. The number of benzene rings is 1. The molecular formula is C12H14FN. The van der Waals surface area contributed by atoms with Crippen molar-refractivity contribution in [1.82, 2.24) is 0 Å². The highest BCUT2D eigenvalue weighted by Crippen LogP contribution is 2.04. The molecule has 0 radical (unpaired) electrons. The Morgan fingerprint density at radius 1 is 1.36 bits per heavy atom. The normalized spacial score (nSPS) is 13.9. The minimum atomic E-state index is -1.14. The van der Waals surface area contributed by atoms with Crippen molar-refractivity contribution in [2.24, 2.45) is 11.7 Å². The van der Waals surface area contributed by atoms with E-state index >= 15 is 0 Å². The molecule has 0 saturated heterocycles. The zero-order valence-corrected chi connectivity index (χ0v) is 8.20. The van der Waals surface area contributed by atoms with Crippen LogP contribution in [-0.4, -0.2) is 12.7 Å². The van der Waals surface area contributed by atoms with E-state index in [-0.39, 0.29) is 5.92 Å². The summed E-state index contributed by atoms with van der Waals surface area (Å²) in [6, 6.07) is 9.37. The van der Waals surface area contributed by atoms with Crippen molar-refractivity contribution in [3.05, 3.63) is 35.9 Å². The Bertz CT molecular complexity index is 323. The zero-order chi connectivity index (χ0) is 10.4. The van der Waals surface area contributed by atoms with Gasteiger partial charge >= 0.3 is 0 Å². The first-order chi connectivity index (χ1) is 6.74. The van der Waals surface area contributed by atoms with Crippen LogP contribution in [0.1, 0.15) is 12.5 Å². The van der Waals surface area contributed by atoms with Gasteiger partial charge in [-0.2, -0.15) is 0 Å². The highest BCUT2D eigenvalue weighted by atomic mass is 19.1. The fourth-order valence-corrected chi connectivity index (χ4v) is 0.935. The van der Waals surface area contributed by atoms with Crippen molar-refractivity contribution < 1.29 is 4.39 Å². The first kappa shape index (κ1) is 10.7. The van der Waals surface area contributed by atoms with E-state index in [1.807, 2.05) is 30.3 Å². The molecule has 0 aliphatic carbocycles. The molecule has 1 nitrogen and oxygen atoms in total. The molecule has 0 aliphatic heterocycles. The molecule has 2 atom stereocenters. The van der Waals surface area contributed by atoms with Crippen LogP contribution in [-0.2, 0) is 0 Å². The smallest absolute Gasteiger partial charge is 0.164 e. The van der Waals surface area contributed by atoms with Crippen LogP contribution in [0.25, 0.3) is 0 Å². The molecule has 0 aromatic heterocycles. The number of halogens is 1. The molecule has 1 aromatic carbocycles. The van der Waals surface area contributed by atoms with E-state index in [2.05, 4.69) is 11.8 Å². The Labute approximate surface area is 84.1 Å². The van der Waals surface area contributed by atoms with Crippen LogP contribution < -0.4 is 5.73 Å². The van der Waals surface area contributed by atoms with Gasteiger partial charge in [-0.05, 0) is 18.7 Å². The first-order valence-electron chi connectivity index (χ1n) is 4.64. The van der Waals surface area contributed by atoms with Crippen molar-refractivity contribution in [2.75, 3.05) is 6.54 Å². The molecule has 0 spiro atoms. The maximum Gasteiger partial charge on any atom is 0.164 e. The van der Waals surface area contributed by atoms with Crippen molar-refractivity contribution in [1.29, 1.82) is 0 Å². The van der Waals surface area contributed by atoms with Crippen LogP contribution in [0.5, 0.6) is 0 Å². The Morgan fingerprint density at radius 2 is 2.00 bits per heavy atom. The van der Waals surface area contributed by atoms with Crippen LogP contribution >= 0.6 is 0 Å². The summed E-state index contributed by atoms with van der Waals surface area (Å²) in [6.07, 6.45) is -1.14. The first-order valence-corrected chi connectivity index (χ1v) is 4.64. The van der Waals surface area contributed by atoms with E-state index in [1.165, 1.54) is 0 Å². The lowest BCUT2D eigenvalue weighted by molar-refractivity contribution is 0.313. The summed E-state index contributed by atoms with van der Waals surface area (Å²) in [5, 5.41) is 0. The second kappa shape index (κ2) is 5.41. The lowest BCUT2D eigenvalue weighted by Gasteiger charge is -2.06. The molecule has 2 unspecified atom stereocenters. The van der Waals surface area contributed by atoms with E-state index in [0.29, 0.717) is 6.54 Å². The van der Waals surface area contributed by atoms with Gasteiger partial charge in [0.2, 0.25) is 0 Å². The van der Waals surface area contributed by atoms with Gasteiger partial charge in [-0.25, -0.2) is 4.39 Å². The quantitative estimate of drug-likeness (QED) is 0.711. The standard InChI is InChI=1S/C12H14FN/c1-10(9-14)12(13)8-7-11-5-3-2-4-6-11/h2-6,10,12H,9,14H2,1H3. The molecule has 14 heavy (non-hydrogen) atoms. The zero-order valence-electron chi connectivity index (χ0n) is 8.20. The molecule has 0 saturated carbocycles. The third kappa shape index (κ3) is 3.20. The van der Waals surface area contributed by atoms with Crippen molar-refractivity contribution in [3.8, 4) is 11.8 Å². The lowest BCUT2D eigenvalue weighted by atomic mass is 10.1. The highest BCUT2D eigenvalue weighted by molar-refractivity contribution is 5.34. The largest absolute Gasteiger partial charge is 0.330 e. The average Bonchev–Trinajstić information content (AvgIpc) is 2.26. The average molecular weight is 191 g/mol. The van der Waals surface area contributed by atoms with E-state index in [9.17, 15) is 4.39 Å². The summed E-state index contributed by atoms with van der Waals surface area (Å²) in [6.45, 7) is 2.08. The van der Waals surface area contributed by atoms with Gasteiger partial charge in [0.05, 0.1) is 0 Å². The molecule has 0 amide bonds. The Kier molecular flexibility index (Phi) is 4.15. The molecule has 0 heterocycles. The molecular weight excluding hydrogens is 177 g/mol. The fraction of sp³-hybridized carbons (Fsp3) is 0.333.